The molecule has 0 radical (unpaired) electrons. The van der Waals surface area contributed by atoms with E-state index in [4.69, 9.17) is 0 Å². The van der Waals surface area contributed by atoms with E-state index in [1.165, 1.54) is 19.3 Å². The summed E-state index contributed by atoms with van der Waals surface area (Å²) in [5.41, 5.74) is 0.790. The van der Waals surface area contributed by atoms with E-state index < -0.39 is 0 Å². The molecule has 0 N–H and O–H groups in total. The van der Waals surface area contributed by atoms with Crippen LogP contribution in [-0.2, 0) is 0 Å². The van der Waals surface area contributed by atoms with Crippen LogP contribution in [0.1, 0.15) is 36.0 Å². The highest BCUT2D eigenvalue weighted by molar-refractivity contribution is 5.93. The van der Waals surface area contributed by atoms with Crippen molar-refractivity contribution in [3.8, 4) is 0 Å². The van der Waals surface area contributed by atoms with E-state index in [0.717, 1.165) is 32.6 Å². The molecule has 1 spiro atoms. The molecule has 3 rings (SSSR count). The van der Waals surface area contributed by atoms with E-state index in [1.807, 2.05) is 11.0 Å². The van der Waals surface area contributed by atoms with Crippen LogP contribution in [0, 0.1) is 0 Å². The molecule has 1 aromatic rings. The number of aromatic nitrogens is 2. The van der Waals surface area contributed by atoms with Crippen LogP contribution in [0.4, 0.5) is 0 Å². The van der Waals surface area contributed by atoms with Gasteiger partial charge in [0.05, 0.1) is 18.0 Å². The summed E-state index contributed by atoms with van der Waals surface area (Å²) in [7, 11) is 0. The molecule has 2 aliphatic rings. The molecule has 1 aromatic heterocycles. The molecule has 5 nitrogen and oxygen atoms in total. The van der Waals surface area contributed by atoms with Gasteiger partial charge < -0.3 is 4.90 Å². The summed E-state index contributed by atoms with van der Waals surface area (Å²) in [5.74, 6) is 0.0782. The maximum absolute atomic E-state index is 12.6. The first-order valence-corrected chi connectivity index (χ1v) is 7.67. The fraction of sp³-hybridized carbons (Fsp3) is 0.562. The third-order valence-electron chi connectivity index (χ3n) is 4.76. The van der Waals surface area contributed by atoms with E-state index in [0.29, 0.717) is 5.56 Å². The maximum atomic E-state index is 12.6. The van der Waals surface area contributed by atoms with Crippen LogP contribution in [0.3, 0.4) is 0 Å². The lowest BCUT2D eigenvalue weighted by Crippen LogP contribution is -2.56. The fourth-order valence-electron chi connectivity index (χ4n) is 3.78. The van der Waals surface area contributed by atoms with Crippen molar-refractivity contribution in [1.82, 2.24) is 20.0 Å². The molecule has 1 atom stereocenters. The number of hydrogen-bond donors (Lipinski definition) is 0. The molecule has 21 heavy (non-hydrogen) atoms. The zero-order chi connectivity index (χ0) is 14.7. The number of nitrogens with zero attached hydrogens (tertiary/aromatic N) is 4. The molecular formula is C16H22N4O. The molecule has 0 saturated carbocycles. The van der Waals surface area contributed by atoms with Crippen molar-refractivity contribution in [3.05, 3.63) is 36.7 Å². The Morgan fingerprint density at radius 2 is 2.14 bits per heavy atom. The van der Waals surface area contributed by atoms with Gasteiger partial charge in [0, 0.05) is 25.2 Å². The minimum absolute atomic E-state index is 0.0782. The van der Waals surface area contributed by atoms with Crippen LogP contribution in [-0.4, -0.2) is 57.6 Å². The first-order valence-electron chi connectivity index (χ1n) is 7.67. The van der Waals surface area contributed by atoms with Crippen molar-refractivity contribution in [1.29, 1.82) is 0 Å². The molecule has 112 valence electrons. The Morgan fingerprint density at radius 3 is 2.86 bits per heavy atom. The number of carbonyl (C=O) groups excluding carboxylic acids is 1. The minimum Gasteiger partial charge on any atom is -0.337 e. The summed E-state index contributed by atoms with van der Waals surface area (Å²) in [4.78, 5) is 17.1. The first-order chi connectivity index (χ1) is 10.2. The Balaban J connectivity index is 1.76. The number of carbonyl (C=O) groups is 1. The Labute approximate surface area is 125 Å². The van der Waals surface area contributed by atoms with Crippen molar-refractivity contribution in [2.24, 2.45) is 0 Å². The van der Waals surface area contributed by atoms with Crippen molar-refractivity contribution < 1.29 is 4.79 Å². The summed E-state index contributed by atoms with van der Waals surface area (Å²) < 4.78 is 0. The SMILES string of the molecule is C=CCN1CCC[C@@]12CCCN(C(=O)c1ccnnc1)C2. The van der Waals surface area contributed by atoms with Gasteiger partial charge in [0.25, 0.3) is 5.91 Å². The quantitative estimate of drug-likeness (QED) is 0.794. The van der Waals surface area contributed by atoms with Gasteiger partial charge in [-0.25, -0.2) is 0 Å². The van der Waals surface area contributed by atoms with Gasteiger partial charge in [-0.05, 0) is 38.3 Å². The van der Waals surface area contributed by atoms with E-state index in [9.17, 15) is 4.79 Å². The monoisotopic (exact) mass is 286 g/mol. The van der Waals surface area contributed by atoms with Crippen molar-refractivity contribution in [2.45, 2.75) is 31.2 Å². The second kappa shape index (κ2) is 5.93. The van der Waals surface area contributed by atoms with Crippen molar-refractivity contribution in [2.75, 3.05) is 26.2 Å². The molecule has 2 fully saturated rings. The Bertz CT molecular complexity index is 518. The third kappa shape index (κ3) is 2.70. The average molecular weight is 286 g/mol. The van der Waals surface area contributed by atoms with E-state index >= 15 is 0 Å². The lowest BCUT2D eigenvalue weighted by atomic mass is 9.86. The predicted molar refractivity (Wildman–Crippen MR) is 80.9 cm³/mol. The number of likely N-dealkylation sites (tertiary alicyclic amines) is 2. The van der Waals surface area contributed by atoms with Gasteiger partial charge in [-0.2, -0.15) is 10.2 Å². The number of piperidine rings is 1. The normalized spacial score (nSPS) is 26.2. The highest BCUT2D eigenvalue weighted by Gasteiger charge is 2.44. The molecule has 5 heteroatoms. The molecular weight excluding hydrogens is 264 g/mol. The van der Waals surface area contributed by atoms with Crippen LogP contribution < -0.4 is 0 Å². The standard InChI is InChI=1S/C16H22N4O/c1-2-9-20-11-4-7-16(20)6-3-10-19(13-16)15(21)14-5-8-17-18-12-14/h2,5,8,12H,1,3-4,6-7,9-11,13H2/t16-/m1/s1. The fourth-order valence-corrected chi connectivity index (χ4v) is 3.78. The van der Waals surface area contributed by atoms with E-state index in [2.05, 4.69) is 21.7 Å². The van der Waals surface area contributed by atoms with Crippen molar-refractivity contribution >= 4 is 5.91 Å². The Hall–Kier alpha value is -1.75. The first kappa shape index (κ1) is 14.2. The summed E-state index contributed by atoms with van der Waals surface area (Å²) in [6.07, 6.45) is 9.75. The van der Waals surface area contributed by atoms with Crippen LogP contribution in [0.5, 0.6) is 0 Å². The molecule has 2 aliphatic heterocycles. The highest BCUT2D eigenvalue weighted by Crippen LogP contribution is 2.37. The molecule has 0 bridgehead atoms. The zero-order valence-corrected chi connectivity index (χ0v) is 12.4. The second-order valence-electron chi connectivity index (χ2n) is 6.02. The molecule has 2 saturated heterocycles. The molecule has 1 amide bonds. The van der Waals surface area contributed by atoms with Gasteiger partial charge in [-0.3, -0.25) is 9.69 Å². The van der Waals surface area contributed by atoms with Crippen LogP contribution in [0.2, 0.25) is 0 Å². The summed E-state index contributed by atoms with van der Waals surface area (Å²) in [6, 6.07) is 1.74. The van der Waals surface area contributed by atoms with Gasteiger partial charge in [-0.1, -0.05) is 6.08 Å². The van der Waals surface area contributed by atoms with Gasteiger partial charge in [0.2, 0.25) is 0 Å². The Kier molecular flexibility index (Phi) is 4.01. The van der Waals surface area contributed by atoms with Gasteiger partial charge in [0.15, 0.2) is 0 Å². The molecule has 0 aliphatic carbocycles. The minimum atomic E-state index is 0.0782. The largest absolute Gasteiger partial charge is 0.337 e. The van der Waals surface area contributed by atoms with Crippen LogP contribution in [0.15, 0.2) is 31.1 Å². The van der Waals surface area contributed by atoms with Crippen molar-refractivity contribution in [3.63, 3.8) is 0 Å². The second-order valence-corrected chi connectivity index (χ2v) is 6.02. The molecule has 3 heterocycles. The number of hydrogen-bond acceptors (Lipinski definition) is 4. The number of rotatable bonds is 3. The average Bonchev–Trinajstić information content (AvgIpc) is 2.90. The Morgan fingerprint density at radius 1 is 1.33 bits per heavy atom. The predicted octanol–water partition coefficient (Wildman–Crippen LogP) is 1.73. The van der Waals surface area contributed by atoms with Gasteiger partial charge in [-0.15, -0.1) is 6.58 Å². The van der Waals surface area contributed by atoms with Gasteiger partial charge >= 0.3 is 0 Å². The zero-order valence-electron chi connectivity index (χ0n) is 12.4. The lowest BCUT2D eigenvalue weighted by Gasteiger charge is -2.45. The summed E-state index contributed by atoms with van der Waals surface area (Å²) >= 11 is 0. The maximum Gasteiger partial charge on any atom is 0.255 e. The lowest BCUT2D eigenvalue weighted by molar-refractivity contribution is 0.0366. The van der Waals surface area contributed by atoms with E-state index in [1.54, 1.807) is 18.5 Å². The van der Waals surface area contributed by atoms with Crippen LogP contribution >= 0.6 is 0 Å². The topological polar surface area (TPSA) is 49.3 Å². The highest BCUT2D eigenvalue weighted by atomic mass is 16.2. The summed E-state index contributed by atoms with van der Waals surface area (Å²) in [6.45, 7) is 7.56. The third-order valence-corrected chi connectivity index (χ3v) is 4.76. The van der Waals surface area contributed by atoms with Gasteiger partial charge in [0.1, 0.15) is 0 Å². The van der Waals surface area contributed by atoms with Crippen LogP contribution in [0.25, 0.3) is 0 Å². The number of amides is 1. The smallest absolute Gasteiger partial charge is 0.255 e. The molecule has 0 aromatic carbocycles. The molecule has 0 unspecified atom stereocenters. The summed E-state index contributed by atoms with van der Waals surface area (Å²) in [5, 5.41) is 7.55. The van der Waals surface area contributed by atoms with E-state index in [-0.39, 0.29) is 11.4 Å².